The van der Waals surface area contributed by atoms with Gasteiger partial charge in [0.2, 0.25) is 5.95 Å². The first-order chi connectivity index (χ1) is 10.2. The SMILES string of the molecule is COC1CN(c2n[nH]c(=S)n2C2CCCCC2)CCC1C. The molecule has 0 bridgehead atoms. The average molecular weight is 310 g/mol. The van der Waals surface area contributed by atoms with Gasteiger partial charge in [0.15, 0.2) is 4.77 Å². The molecule has 21 heavy (non-hydrogen) atoms. The third-order valence-corrected chi connectivity index (χ3v) is 5.39. The molecule has 1 aliphatic heterocycles. The molecule has 2 aliphatic rings. The maximum absolute atomic E-state index is 5.63. The van der Waals surface area contributed by atoms with E-state index in [1.165, 1.54) is 32.1 Å². The fourth-order valence-electron chi connectivity index (χ4n) is 3.71. The molecule has 1 saturated heterocycles. The standard InChI is InChI=1S/C15H26N4OS/c1-11-8-9-18(10-13(11)20-2)14-16-17-15(21)19(14)12-6-4-3-5-7-12/h11-13H,3-10H2,1-2H3,(H,17,21). The molecule has 0 aromatic carbocycles. The van der Waals surface area contributed by atoms with E-state index in [1.807, 2.05) is 7.11 Å². The first kappa shape index (κ1) is 15.0. The Morgan fingerprint density at radius 2 is 2.00 bits per heavy atom. The van der Waals surface area contributed by atoms with Crippen LogP contribution < -0.4 is 4.90 Å². The topological polar surface area (TPSA) is 46.1 Å². The van der Waals surface area contributed by atoms with E-state index in [9.17, 15) is 0 Å². The van der Waals surface area contributed by atoms with E-state index in [0.29, 0.717) is 12.0 Å². The third-order valence-electron chi connectivity index (χ3n) is 5.10. The van der Waals surface area contributed by atoms with Gasteiger partial charge < -0.3 is 9.64 Å². The minimum Gasteiger partial charge on any atom is -0.379 e. The summed E-state index contributed by atoms with van der Waals surface area (Å²) in [7, 11) is 1.81. The molecule has 3 rings (SSSR count). The number of hydrogen-bond acceptors (Lipinski definition) is 4. The second kappa shape index (κ2) is 6.48. The van der Waals surface area contributed by atoms with Crippen molar-refractivity contribution in [2.45, 2.75) is 57.6 Å². The molecule has 2 fully saturated rings. The summed E-state index contributed by atoms with van der Waals surface area (Å²) in [5.74, 6) is 1.62. The fourth-order valence-corrected chi connectivity index (χ4v) is 3.99. The molecule has 1 aromatic heterocycles. The Bertz CT molecular complexity index is 520. The van der Waals surface area contributed by atoms with Crippen LogP contribution in [-0.2, 0) is 4.74 Å². The van der Waals surface area contributed by atoms with Crippen molar-refractivity contribution in [1.29, 1.82) is 0 Å². The zero-order chi connectivity index (χ0) is 14.8. The van der Waals surface area contributed by atoms with Gasteiger partial charge in [0.05, 0.1) is 6.10 Å². The van der Waals surface area contributed by atoms with Gasteiger partial charge in [0.1, 0.15) is 0 Å². The number of rotatable bonds is 3. The fraction of sp³-hybridized carbons (Fsp3) is 0.867. The van der Waals surface area contributed by atoms with Crippen LogP contribution in [0, 0.1) is 10.7 Å². The Morgan fingerprint density at radius 3 is 2.71 bits per heavy atom. The van der Waals surface area contributed by atoms with Crippen molar-refractivity contribution in [2.75, 3.05) is 25.1 Å². The van der Waals surface area contributed by atoms with E-state index < -0.39 is 0 Å². The lowest BCUT2D eigenvalue weighted by atomic mass is 9.95. The number of aromatic amines is 1. The second-order valence-electron chi connectivity index (χ2n) is 6.48. The zero-order valence-electron chi connectivity index (χ0n) is 13.0. The number of aromatic nitrogens is 3. The van der Waals surface area contributed by atoms with Crippen molar-refractivity contribution < 1.29 is 4.74 Å². The molecule has 6 heteroatoms. The predicted octanol–water partition coefficient (Wildman–Crippen LogP) is 3.31. The second-order valence-corrected chi connectivity index (χ2v) is 6.86. The highest BCUT2D eigenvalue weighted by Crippen LogP contribution is 2.32. The number of ether oxygens (including phenoxy) is 1. The average Bonchev–Trinajstić information content (AvgIpc) is 2.90. The molecule has 0 radical (unpaired) electrons. The summed E-state index contributed by atoms with van der Waals surface area (Å²) in [6, 6.07) is 0.514. The van der Waals surface area contributed by atoms with E-state index >= 15 is 0 Å². The number of nitrogens with one attached hydrogen (secondary N) is 1. The van der Waals surface area contributed by atoms with E-state index in [1.54, 1.807) is 0 Å². The Balaban J connectivity index is 1.83. The lowest BCUT2D eigenvalue weighted by molar-refractivity contribution is 0.0491. The molecule has 1 aliphatic carbocycles. The van der Waals surface area contributed by atoms with E-state index in [4.69, 9.17) is 17.0 Å². The van der Waals surface area contributed by atoms with E-state index in [0.717, 1.165) is 30.2 Å². The smallest absolute Gasteiger partial charge is 0.226 e. The summed E-state index contributed by atoms with van der Waals surface area (Å²) in [5, 5.41) is 7.53. The number of methoxy groups -OCH3 is 1. The molecule has 1 N–H and O–H groups in total. The first-order valence-corrected chi connectivity index (χ1v) is 8.56. The van der Waals surface area contributed by atoms with Gasteiger partial charge >= 0.3 is 0 Å². The molecule has 0 spiro atoms. The van der Waals surface area contributed by atoms with Gasteiger partial charge in [-0.2, -0.15) is 0 Å². The van der Waals surface area contributed by atoms with Gasteiger partial charge in [-0.15, -0.1) is 5.10 Å². The van der Waals surface area contributed by atoms with Crippen LogP contribution >= 0.6 is 12.2 Å². The van der Waals surface area contributed by atoms with Crippen LogP contribution in [0.2, 0.25) is 0 Å². The van der Waals surface area contributed by atoms with Gasteiger partial charge in [0.25, 0.3) is 0 Å². The molecule has 1 saturated carbocycles. The number of H-pyrrole nitrogens is 1. The number of nitrogens with zero attached hydrogens (tertiary/aromatic N) is 3. The Hall–Kier alpha value is -0.880. The quantitative estimate of drug-likeness (QED) is 0.870. The highest BCUT2D eigenvalue weighted by Gasteiger charge is 2.30. The molecule has 2 heterocycles. The minimum atomic E-state index is 0.281. The maximum Gasteiger partial charge on any atom is 0.226 e. The molecule has 5 nitrogen and oxygen atoms in total. The number of hydrogen-bond donors (Lipinski definition) is 1. The molecule has 2 atom stereocenters. The maximum atomic E-state index is 5.63. The lowest BCUT2D eigenvalue weighted by Crippen LogP contribution is -2.45. The van der Waals surface area contributed by atoms with Crippen LogP contribution in [-0.4, -0.2) is 41.1 Å². The number of piperidine rings is 1. The summed E-state index contributed by atoms with van der Waals surface area (Å²) < 4.78 is 8.66. The number of anilines is 1. The Kier molecular flexibility index (Phi) is 4.64. The van der Waals surface area contributed by atoms with Gasteiger partial charge in [0, 0.05) is 26.2 Å². The van der Waals surface area contributed by atoms with E-state index in [-0.39, 0.29) is 6.10 Å². The van der Waals surface area contributed by atoms with Crippen molar-refractivity contribution in [1.82, 2.24) is 14.8 Å². The van der Waals surface area contributed by atoms with Crippen molar-refractivity contribution in [3.05, 3.63) is 4.77 Å². The van der Waals surface area contributed by atoms with Crippen LogP contribution in [0.5, 0.6) is 0 Å². The van der Waals surface area contributed by atoms with Crippen molar-refractivity contribution in [2.24, 2.45) is 5.92 Å². The third kappa shape index (κ3) is 3.01. The van der Waals surface area contributed by atoms with Gasteiger partial charge in [-0.1, -0.05) is 26.2 Å². The van der Waals surface area contributed by atoms with Gasteiger partial charge in [-0.3, -0.25) is 4.57 Å². The Morgan fingerprint density at radius 1 is 1.24 bits per heavy atom. The first-order valence-electron chi connectivity index (χ1n) is 8.15. The normalized spacial score (nSPS) is 28.0. The summed E-state index contributed by atoms with van der Waals surface area (Å²) in [6.45, 7) is 4.21. The Labute approximate surface area is 131 Å². The molecular formula is C15H26N4OS. The van der Waals surface area contributed by atoms with Crippen molar-refractivity contribution >= 4 is 18.2 Å². The lowest BCUT2D eigenvalue weighted by Gasteiger charge is -2.37. The molecular weight excluding hydrogens is 284 g/mol. The molecule has 118 valence electrons. The highest BCUT2D eigenvalue weighted by molar-refractivity contribution is 7.71. The monoisotopic (exact) mass is 310 g/mol. The minimum absolute atomic E-state index is 0.281. The zero-order valence-corrected chi connectivity index (χ0v) is 13.9. The molecule has 2 unspecified atom stereocenters. The van der Waals surface area contributed by atoms with E-state index in [2.05, 4.69) is 26.6 Å². The van der Waals surface area contributed by atoms with Crippen molar-refractivity contribution in [3.8, 4) is 0 Å². The predicted molar refractivity (Wildman–Crippen MR) is 86.3 cm³/mol. The van der Waals surface area contributed by atoms with Gasteiger partial charge in [-0.25, -0.2) is 5.10 Å². The summed E-state index contributed by atoms with van der Waals surface area (Å²) in [4.78, 5) is 2.34. The van der Waals surface area contributed by atoms with Crippen LogP contribution in [0.15, 0.2) is 0 Å². The van der Waals surface area contributed by atoms with Gasteiger partial charge in [-0.05, 0) is 37.4 Å². The van der Waals surface area contributed by atoms with Crippen molar-refractivity contribution in [3.63, 3.8) is 0 Å². The van der Waals surface area contributed by atoms with Crippen LogP contribution in [0.25, 0.3) is 0 Å². The van der Waals surface area contributed by atoms with Crippen LogP contribution in [0.4, 0.5) is 5.95 Å². The largest absolute Gasteiger partial charge is 0.379 e. The van der Waals surface area contributed by atoms with Crippen LogP contribution in [0.1, 0.15) is 51.5 Å². The summed E-state index contributed by atoms with van der Waals surface area (Å²) in [6.07, 6.45) is 7.82. The highest BCUT2D eigenvalue weighted by atomic mass is 32.1. The summed E-state index contributed by atoms with van der Waals surface area (Å²) in [5.41, 5.74) is 0. The molecule has 0 amide bonds. The van der Waals surface area contributed by atoms with Crippen LogP contribution in [0.3, 0.4) is 0 Å². The molecule has 1 aromatic rings. The summed E-state index contributed by atoms with van der Waals surface area (Å²) >= 11 is 5.49.